The van der Waals surface area contributed by atoms with Crippen molar-refractivity contribution in [2.75, 3.05) is 13.2 Å². The van der Waals surface area contributed by atoms with E-state index in [2.05, 4.69) is 11.9 Å². The average molecular weight is 334 g/mol. The number of pyridine rings is 1. The van der Waals surface area contributed by atoms with Gasteiger partial charge in [0.05, 0.1) is 17.9 Å². The molecule has 0 spiro atoms. The summed E-state index contributed by atoms with van der Waals surface area (Å²) in [7, 11) is 0. The van der Waals surface area contributed by atoms with E-state index in [-0.39, 0.29) is 10.7 Å². The zero-order chi connectivity index (χ0) is 16.2. The van der Waals surface area contributed by atoms with E-state index in [0.717, 1.165) is 18.6 Å². The van der Waals surface area contributed by atoms with Gasteiger partial charge in [-0.05, 0) is 48.2 Å². The molecule has 3 rings (SSSR count). The van der Waals surface area contributed by atoms with Crippen LogP contribution in [0, 0.1) is 11.7 Å². The zero-order valence-corrected chi connectivity index (χ0v) is 13.5. The highest BCUT2D eigenvalue weighted by Crippen LogP contribution is 2.26. The molecule has 0 saturated carbocycles. The lowest BCUT2D eigenvalue weighted by atomic mass is 9.98. The van der Waals surface area contributed by atoms with E-state index in [0.29, 0.717) is 23.8 Å². The second kappa shape index (κ2) is 7.11. The summed E-state index contributed by atoms with van der Waals surface area (Å²) in [6.45, 7) is 3.57. The summed E-state index contributed by atoms with van der Waals surface area (Å²) in [5, 5.41) is 0.279. The SMILES string of the molecule is C[C@@H]1CCOC/C1=C/Oc1ccc(-c2ncc(Cl)cc2F)cc1. The van der Waals surface area contributed by atoms with Gasteiger partial charge in [-0.1, -0.05) is 18.5 Å². The molecule has 1 aromatic carbocycles. The number of hydrogen-bond donors (Lipinski definition) is 0. The molecule has 5 heteroatoms. The van der Waals surface area contributed by atoms with Gasteiger partial charge in [-0.2, -0.15) is 0 Å². The van der Waals surface area contributed by atoms with Crippen molar-refractivity contribution in [3.63, 3.8) is 0 Å². The molecule has 1 atom stereocenters. The molecule has 0 unspecified atom stereocenters. The molecule has 0 N–H and O–H groups in total. The highest BCUT2D eigenvalue weighted by Gasteiger charge is 2.15. The molecule has 2 aromatic rings. The second-order valence-corrected chi connectivity index (χ2v) is 6.00. The molecule has 120 valence electrons. The van der Waals surface area contributed by atoms with Crippen LogP contribution < -0.4 is 4.74 Å². The molecule has 0 radical (unpaired) electrons. The fourth-order valence-electron chi connectivity index (χ4n) is 2.39. The van der Waals surface area contributed by atoms with Gasteiger partial charge in [-0.3, -0.25) is 4.98 Å². The van der Waals surface area contributed by atoms with Crippen LogP contribution in [0.25, 0.3) is 11.3 Å². The van der Waals surface area contributed by atoms with E-state index < -0.39 is 5.82 Å². The second-order valence-electron chi connectivity index (χ2n) is 5.56. The molecule has 1 aliphatic heterocycles. The van der Waals surface area contributed by atoms with Crippen molar-refractivity contribution in [1.29, 1.82) is 0 Å². The van der Waals surface area contributed by atoms with E-state index in [4.69, 9.17) is 21.1 Å². The number of ether oxygens (including phenoxy) is 2. The molecule has 0 amide bonds. The summed E-state index contributed by atoms with van der Waals surface area (Å²) in [5.74, 6) is 0.713. The molecule has 2 heterocycles. The third-order valence-electron chi connectivity index (χ3n) is 3.88. The molecule has 1 aromatic heterocycles. The fraction of sp³-hybridized carbons (Fsp3) is 0.278. The van der Waals surface area contributed by atoms with Crippen molar-refractivity contribution < 1.29 is 13.9 Å². The van der Waals surface area contributed by atoms with Crippen LogP contribution in [0.15, 0.2) is 48.4 Å². The topological polar surface area (TPSA) is 31.4 Å². The van der Waals surface area contributed by atoms with Crippen LogP contribution in [0.1, 0.15) is 13.3 Å². The molecular formula is C18H17ClFNO2. The van der Waals surface area contributed by atoms with Crippen LogP contribution >= 0.6 is 11.6 Å². The zero-order valence-electron chi connectivity index (χ0n) is 12.8. The smallest absolute Gasteiger partial charge is 0.150 e. The first-order valence-corrected chi connectivity index (χ1v) is 7.86. The van der Waals surface area contributed by atoms with Gasteiger partial charge in [0.1, 0.15) is 11.4 Å². The number of hydrogen-bond acceptors (Lipinski definition) is 3. The summed E-state index contributed by atoms with van der Waals surface area (Å²) >= 11 is 5.72. The number of nitrogens with zero attached hydrogens (tertiary/aromatic N) is 1. The third-order valence-corrected chi connectivity index (χ3v) is 4.09. The van der Waals surface area contributed by atoms with Gasteiger partial charge in [0.2, 0.25) is 0 Å². The largest absolute Gasteiger partial charge is 0.465 e. The maximum atomic E-state index is 13.9. The quantitative estimate of drug-likeness (QED) is 0.752. The number of rotatable bonds is 3. The van der Waals surface area contributed by atoms with Crippen LogP contribution in [-0.4, -0.2) is 18.2 Å². The normalized spacial score (nSPS) is 19.8. The maximum absolute atomic E-state index is 13.9. The van der Waals surface area contributed by atoms with Crippen molar-refractivity contribution in [2.24, 2.45) is 5.92 Å². The summed E-state index contributed by atoms with van der Waals surface area (Å²) in [4.78, 5) is 4.03. The first kappa shape index (κ1) is 16.0. The van der Waals surface area contributed by atoms with E-state index in [9.17, 15) is 4.39 Å². The van der Waals surface area contributed by atoms with E-state index in [1.165, 1.54) is 12.3 Å². The van der Waals surface area contributed by atoms with Crippen LogP contribution in [-0.2, 0) is 4.74 Å². The van der Waals surface area contributed by atoms with Gasteiger partial charge in [0, 0.05) is 18.4 Å². The van der Waals surface area contributed by atoms with E-state index >= 15 is 0 Å². The average Bonchev–Trinajstić information content (AvgIpc) is 2.55. The standard InChI is InChI=1S/C18H17ClFNO2/c1-12-6-7-22-10-14(12)11-23-16-4-2-13(3-5-16)18-17(20)8-15(19)9-21-18/h2-5,8-9,11-12H,6-7,10H2,1H3/b14-11-/t12-/m1/s1. The predicted octanol–water partition coefficient (Wildman–Crippen LogP) is 4.86. The van der Waals surface area contributed by atoms with Crippen LogP contribution in [0.5, 0.6) is 5.75 Å². The Labute approximate surface area is 139 Å². The third kappa shape index (κ3) is 3.89. The Kier molecular flexibility index (Phi) is 4.94. The molecule has 0 aliphatic carbocycles. The van der Waals surface area contributed by atoms with Crippen molar-refractivity contribution in [3.8, 4) is 17.0 Å². The lowest BCUT2D eigenvalue weighted by Crippen LogP contribution is -2.17. The van der Waals surface area contributed by atoms with Gasteiger partial charge in [0.15, 0.2) is 5.82 Å². The minimum absolute atomic E-state index is 0.272. The van der Waals surface area contributed by atoms with E-state index in [1.807, 2.05) is 0 Å². The Morgan fingerprint density at radius 3 is 2.83 bits per heavy atom. The lowest BCUT2D eigenvalue weighted by molar-refractivity contribution is 0.109. The Balaban J connectivity index is 1.73. The highest BCUT2D eigenvalue weighted by molar-refractivity contribution is 6.30. The van der Waals surface area contributed by atoms with Crippen LogP contribution in [0.4, 0.5) is 4.39 Å². The Hall–Kier alpha value is -1.91. The molecule has 23 heavy (non-hydrogen) atoms. The lowest BCUT2D eigenvalue weighted by Gasteiger charge is -2.21. The fourth-order valence-corrected chi connectivity index (χ4v) is 2.53. The molecule has 3 nitrogen and oxygen atoms in total. The minimum Gasteiger partial charge on any atom is -0.465 e. The van der Waals surface area contributed by atoms with Crippen molar-refractivity contribution >= 4 is 11.6 Å². The molecule has 1 saturated heterocycles. The van der Waals surface area contributed by atoms with Gasteiger partial charge in [-0.25, -0.2) is 4.39 Å². The molecule has 0 bridgehead atoms. The first-order valence-electron chi connectivity index (χ1n) is 7.48. The Morgan fingerprint density at radius 1 is 1.35 bits per heavy atom. The van der Waals surface area contributed by atoms with Crippen molar-refractivity contribution in [2.45, 2.75) is 13.3 Å². The number of aromatic nitrogens is 1. The Bertz CT molecular complexity index is 715. The summed E-state index contributed by atoms with van der Waals surface area (Å²) in [6, 6.07) is 8.37. The predicted molar refractivity (Wildman–Crippen MR) is 88.0 cm³/mol. The summed E-state index contributed by atoms with van der Waals surface area (Å²) < 4.78 is 25.0. The van der Waals surface area contributed by atoms with Crippen molar-refractivity contribution in [3.05, 3.63) is 59.2 Å². The molecule has 1 aliphatic rings. The summed E-state index contributed by atoms with van der Waals surface area (Å²) in [6.07, 6.45) is 4.19. The molecular weight excluding hydrogens is 317 g/mol. The molecule has 1 fully saturated rings. The van der Waals surface area contributed by atoms with Gasteiger partial charge >= 0.3 is 0 Å². The highest BCUT2D eigenvalue weighted by atomic mass is 35.5. The summed E-state index contributed by atoms with van der Waals surface area (Å²) in [5.41, 5.74) is 2.09. The first-order chi connectivity index (χ1) is 11.1. The van der Waals surface area contributed by atoms with Crippen LogP contribution in [0.2, 0.25) is 5.02 Å². The van der Waals surface area contributed by atoms with E-state index in [1.54, 1.807) is 30.5 Å². The van der Waals surface area contributed by atoms with Gasteiger partial charge in [-0.15, -0.1) is 0 Å². The van der Waals surface area contributed by atoms with Gasteiger partial charge in [0.25, 0.3) is 0 Å². The van der Waals surface area contributed by atoms with Crippen LogP contribution in [0.3, 0.4) is 0 Å². The maximum Gasteiger partial charge on any atom is 0.150 e. The number of benzene rings is 1. The monoisotopic (exact) mass is 333 g/mol. The Morgan fingerprint density at radius 2 is 2.13 bits per heavy atom. The van der Waals surface area contributed by atoms with Crippen molar-refractivity contribution in [1.82, 2.24) is 4.98 Å². The number of halogens is 2. The minimum atomic E-state index is -0.443. The van der Waals surface area contributed by atoms with Gasteiger partial charge < -0.3 is 9.47 Å².